The first kappa shape index (κ1) is 15.3. The molecular weight excluding hydrogens is 294 g/mol. The third-order valence-corrected chi connectivity index (χ3v) is 3.76. The number of nitrogens with zero attached hydrogens (tertiary/aromatic N) is 2. The largest absolute Gasteiger partial charge is 0.389 e. The van der Waals surface area contributed by atoms with Crippen LogP contribution in [0.1, 0.15) is 12.8 Å². The maximum absolute atomic E-state index is 13.3. The Kier molecular flexibility index (Phi) is 4.66. The van der Waals surface area contributed by atoms with E-state index in [9.17, 15) is 13.9 Å². The van der Waals surface area contributed by atoms with Crippen molar-refractivity contribution >= 4 is 11.0 Å². The molecule has 1 saturated heterocycles. The molecule has 0 saturated carbocycles. The minimum atomic E-state index is -0.929. The first-order valence-corrected chi connectivity index (χ1v) is 7.31. The zero-order valence-corrected chi connectivity index (χ0v) is 12.0. The van der Waals surface area contributed by atoms with Gasteiger partial charge in [0.25, 0.3) is 0 Å². The van der Waals surface area contributed by atoms with E-state index >= 15 is 0 Å². The first-order chi connectivity index (χ1) is 10.6. The summed E-state index contributed by atoms with van der Waals surface area (Å²) in [6, 6.07) is 2.13. The highest BCUT2D eigenvalue weighted by Gasteiger charge is 2.17. The quantitative estimate of drug-likeness (QED) is 0.916. The molecule has 120 valence electrons. The van der Waals surface area contributed by atoms with Crippen molar-refractivity contribution < 1.29 is 23.4 Å². The summed E-state index contributed by atoms with van der Waals surface area (Å²) >= 11 is 0. The Morgan fingerprint density at radius 2 is 2.05 bits per heavy atom. The Morgan fingerprint density at radius 1 is 1.32 bits per heavy atom. The van der Waals surface area contributed by atoms with Crippen LogP contribution < -0.4 is 0 Å². The van der Waals surface area contributed by atoms with Gasteiger partial charge in [-0.15, -0.1) is 0 Å². The smallest absolute Gasteiger partial charge is 0.161 e. The molecule has 1 fully saturated rings. The van der Waals surface area contributed by atoms with Gasteiger partial charge in [-0.25, -0.2) is 13.8 Å². The molecule has 1 aliphatic rings. The maximum atomic E-state index is 13.3. The van der Waals surface area contributed by atoms with E-state index in [0.29, 0.717) is 24.2 Å². The molecule has 0 aliphatic carbocycles. The van der Waals surface area contributed by atoms with Crippen LogP contribution in [0, 0.1) is 11.6 Å². The van der Waals surface area contributed by atoms with Gasteiger partial charge in [0, 0.05) is 25.3 Å². The number of rotatable bonds is 5. The highest BCUT2D eigenvalue weighted by Crippen LogP contribution is 2.18. The van der Waals surface area contributed by atoms with Crippen LogP contribution in [0.3, 0.4) is 0 Å². The minimum Gasteiger partial charge on any atom is -0.389 e. The monoisotopic (exact) mass is 312 g/mol. The van der Waals surface area contributed by atoms with E-state index in [0.717, 1.165) is 25.0 Å². The molecule has 2 heterocycles. The lowest BCUT2D eigenvalue weighted by molar-refractivity contribution is -0.0615. The normalized spacial score (nSPS) is 18.0. The van der Waals surface area contributed by atoms with Gasteiger partial charge in [0.1, 0.15) is 0 Å². The van der Waals surface area contributed by atoms with Gasteiger partial charge in [0.15, 0.2) is 11.6 Å². The van der Waals surface area contributed by atoms with E-state index in [2.05, 4.69) is 4.98 Å². The van der Waals surface area contributed by atoms with E-state index in [1.54, 1.807) is 4.57 Å². The van der Waals surface area contributed by atoms with Gasteiger partial charge in [-0.2, -0.15) is 0 Å². The van der Waals surface area contributed by atoms with Gasteiger partial charge in [-0.1, -0.05) is 0 Å². The number of hydrogen-bond acceptors (Lipinski definition) is 4. The number of fused-ring (bicyclic) bond motifs is 1. The molecule has 0 amide bonds. The number of hydrogen-bond donors (Lipinski definition) is 1. The Bertz CT molecular complexity index is 641. The SMILES string of the molecule is OC(COC1CCOCC1)Cn1cnc2cc(F)c(F)cc21. The van der Waals surface area contributed by atoms with Crippen molar-refractivity contribution in [2.75, 3.05) is 19.8 Å². The third-order valence-electron chi connectivity index (χ3n) is 3.76. The van der Waals surface area contributed by atoms with Crippen molar-refractivity contribution in [1.82, 2.24) is 9.55 Å². The maximum Gasteiger partial charge on any atom is 0.161 e. The zero-order valence-electron chi connectivity index (χ0n) is 12.0. The van der Waals surface area contributed by atoms with E-state index in [1.807, 2.05) is 0 Å². The zero-order chi connectivity index (χ0) is 15.5. The van der Waals surface area contributed by atoms with Crippen LogP contribution >= 0.6 is 0 Å². The van der Waals surface area contributed by atoms with Gasteiger partial charge >= 0.3 is 0 Å². The number of imidazole rings is 1. The van der Waals surface area contributed by atoms with Crippen LogP contribution in [0.15, 0.2) is 18.5 Å². The van der Waals surface area contributed by atoms with Crippen molar-refractivity contribution in [2.24, 2.45) is 0 Å². The molecular formula is C15H18F2N2O3. The Balaban J connectivity index is 1.61. The molecule has 1 aromatic carbocycles. The van der Waals surface area contributed by atoms with E-state index in [-0.39, 0.29) is 19.3 Å². The second-order valence-corrected chi connectivity index (χ2v) is 5.45. The van der Waals surface area contributed by atoms with E-state index < -0.39 is 17.7 Å². The molecule has 3 rings (SSSR count). The average molecular weight is 312 g/mol. The topological polar surface area (TPSA) is 56.5 Å². The van der Waals surface area contributed by atoms with Crippen LogP contribution in [0.4, 0.5) is 8.78 Å². The summed E-state index contributed by atoms with van der Waals surface area (Å²) in [7, 11) is 0. The Labute approximate surface area is 126 Å². The highest BCUT2D eigenvalue weighted by atomic mass is 19.2. The molecule has 5 nitrogen and oxygen atoms in total. The van der Waals surface area contributed by atoms with Crippen molar-refractivity contribution in [1.29, 1.82) is 0 Å². The van der Waals surface area contributed by atoms with Gasteiger partial charge in [-0.05, 0) is 12.8 Å². The molecule has 7 heteroatoms. The summed E-state index contributed by atoms with van der Waals surface area (Å²) < 4.78 is 38.9. The molecule has 1 aliphatic heterocycles. The minimum absolute atomic E-state index is 0.106. The van der Waals surface area contributed by atoms with Crippen molar-refractivity contribution in [3.63, 3.8) is 0 Å². The fourth-order valence-electron chi connectivity index (χ4n) is 2.57. The summed E-state index contributed by atoms with van der Waals surface area (Å²) in [6.07, 6.45) is 2.47. The standard InChI is InChI=1S/C15H18F2N2O3/c16-12-5-14-15(6-13(12)17)19(9-18-14)7-10(20)8-22-11-1-3-21-4-2-11/h5-6,9-11,20H,1-4,7-8H2. The molecule has 2 aromatic rings. The molecule has 0 radical (unpaired) electrons. The Hall–Kier alpha value is -1.57. The lowest BCUT2D eigenvalue weighted by Crippen LogP contribution is -2.29. The second kappa shape index (κ2) is 6.68. The van der Waals surface area contributed by atoms with Gasteiger partial charge < -0.3 is 19.1 Å². The number of aromatic nitrogens is 2. The Morgan fingerprint density at radius 3 is 2.82 bits per heavy atom. The molecule has 0 spiro atoms. The van der Waals surface area contributed by atoms with E-state index in [1.165, 1.54) is 6.33 Å². The summed E-state index contributed by atoms with van der Waals surface area (Å²) in [5, 5.41) is 10.1. The van der Waals surface area contributed by atoms with Crippen LogP contribution in [0.2, 0.25) is 0 Å². The van der Waals surface area contributed by atoms with Crippen molar-refractivity contribution in [3.8, 4) is 0 Å². The van der Waals surface area contributed by atoms with Crippen LogP contribution in [-0.2, 0) is 16.0 Å². The molecule has 1 atom stereocenters. The number of benzene rings is 1. The highest BCUT2D eigenvalue weighted by molar-refractivity contribution is 5.75. The first-order valence-electron chi connectivity index (χ1n) is 7.31. The van der Waals surface area contributed by atoms with Gasteiger partial charge in [-0.3, -0.25) is 0 Å². The lowest BCUT2D eigenvalue weighted by Gasteiger charge is -2.23. The van der Waals surface area contributed by atoms with Crippen molar-refractivity contribution in [2.45, 2.75) is 31.6 Å². The van der Waals surface area contributed by atoms with E-state index in [4.69, 9.17) is 9.47 Å². The lowest BCUT2D eigenvalue weighted by atomic mass is 10.1. The number of halogens is 2. The van der Waals surface area contributed by atoms with Crippen LogP contribution in [0.25, 0.3) is 11.0 Å². The molecule has 22 heavy (non-hydrogen) atoms. The predicted octanol–water partition coefficient (Wildman–Crippen LogP) is 1.87. The number of aliphatic hydroxyl groups is 1. The summed E-state index contributed by atoms with van der Waals surface area (Å²) in [4.78, 5) is 4.01. The predicted molar refractivity (Wildman–Crippen MR) is 75.4 cm³/mol. The van der Waals surface area contributed by atoms with Gasteiger partial charge in [0.05, 0.1) is 42.7 Å². The number of aliphatic hydroxyl groups excluding tert-OH is 1. The van der Waals surface area contributed by atoms with Crippen LogP contribution in [-0.4, -0.2) is 46.7 Å². The second-order valence-electron chi connectivity index (χ2n) is 5.45. The summed E-state index contributed by atoms with van der Waals surface area (Å²) in [5.74, 6) is -1.86. The average Bonchev–Trinajstić information content (AvgIpc) is 2.89. The van der Waals surface area contributed by atoms with Gasteiger partial charge in [0.2, 0.25) is 0 Å². The summed E-state index contributed by atoms with van der Waals surface area (Å²) in [5.41, 5.74) is 0.806. The number of ether oxygens (including phenoxy) is 2. The van der Waals surface area contributed by atoms with Crippen molar-refractivity contribution in [3.05, 3.63) is 30.1 Å². The summed E-state index contributed by atoms with van der Waals surface area (Å²) in [6.45, 7) is 1.76. The molecule has 1 aromatic heterocycles. The molecule has 1 unspecified atom stereocenters. The van der Waals surface area contributed by atoms with Crippen LogP contribution in [0.5, 0.6) is 0 Å². The molecule has 0 bridgehead atoms. The molecule has 1 N–H and O–H groups in total. The third kappa shape index (κ3) is 3.43. The fraction of sp³-hybridized carbons (Fsp3) is 0.533. The fourth-order valence-corrected chi connectivity index (χ4v) is 2.57.